The minimum Gasteiger partial charge on any atom is -0.389 e. The van der Waals surface area contributed by atoms with E-state index in [4.69, 9.17) is 0 Å². The Hall–Kier alpha value is -1.36. The lowest BCUT2D eigenvalue weighted by atomic mass is 10.1. The zero-order chi connectivity index (χ0) is 15.0. The molecule has 0 radical (unpaired) electrons. The third-order valence-electron chi connectivity index (χ3n) is 3.38. The van der Waals surface area contributed by atoms with Crippen molar-refractivity contribution in [1.29, 1.82) is 0 Å². The Labute approximate surface area is 121 Å². The molecule has 0 unspecified atom stereocenters. The quantitative estimate of drug-likeness (QED) is 0.417. The van der Waals surface area contributed by atoms with Gasteiger partial charge in [0.1, 0.15) is 5.92 Å². The zero-order valence-electron chi connectivity index (χ0n) is 12.5. The van der Waals surface area contributed by atoms with E-state index in [-0.39, 0.29) is 11.8 Å². The van der Waals surface area contributed by atoms with Crippen LogP contribution in [0.25, 0.3) is 0 Å². The van der Waals surface area contributed by atoms with Crippen LogP contribution in [0.5, 0.6) is 0 Å². The molecule has 0 aliphatic carbocycles. The molecule has 0 spiro atoms. The molecule has 20 heavy (non-hydrogen) atoms. The summed E-state index contributed by atoms with van der Waals surface area (Å²) in [6.07, 6.45) is 6.24. The molecule has 1 heterocycles. The van der Waals surface area contributed by atoms with E-state index in [1.807, 2.05) is 6.92 Å². The Balaban J connectivity index is 2.67. The molecule has 114 valence electrons. The van der Waals surface area contributed by atoms with Crippen LogP contribution in [-0.4, -0.2) is 47.6 Å². The molecule has 1 rings (SSSR count). The van der Waals surface area contributed by atoms with Crippen LogP contribution in [0.3, 0.4) is 0 Å². The molecule has 1 fully saturated rings. The van der Waals surface area contributed by atoms with Gasteiger partial charge in [0.2, 0.25) is 11.8 Å². The fourth-order valence-corrected chi connectivity index (χ4v) is 2.19. The SMILES string of the molecule is CCCCNC(=O)[C@@H](/C=C/[C@H](C)O)C(=O)N1CCCC1. The number of rotatable bonds is 7. The predicted octanol–water partition coefficient (Wildman–Crippen LogP) is 1.08. The van der Waals surface area contributed by atoms with E-state index >= 15 is 0 Å². The average molecular weight is 282 g/mol. The average Bonchev–Trinajstić information content (AvgIpc) is 2.92. The van der Waals surface area contributed by atoms with E-state index in [2.05, 4.69) is 5.32 Å². The molecule has 2 atom stereocenters. The third-order valence-corrected chi connectivity index (χ3v) is 3.38. The molecule has 5 heteroatoms. The van der Waals surface area contributed by atoms with Gasteiger partial charge in [-0.3, -0.25) is 9.59 Å². The standard InChI is InChI=1S/C15H26N2O3/c1-3-4-9-16-14(19)13(8-7-12(2)18)15(20)17-10-5-6-11-17/h7-8,12-13,18H,3-6,9-11H2,1-2H3,(H,16,19)/b8-7+/t12-,13+/m0/s1. The highest BCUT2D eigenvalue weighted by molar-refractivity contribution is 6.02. The summed E-state index contributed by atoms with van der Waals surface area (Å²) < 4.78 is 0. The number of hydrogen-bond acceptors (Lipinski definition) is 3. The molecule has 1 aliphatic heterocycles. The number of aliphatic hydroxyl groups is 1. The van der Waals surface area contributed by atoms with E-state index in [0.29, 0.717) is 6.54 Å². The van der Waals surface area contributed by atoms with Gasteiger partial charge in [-0.1, -0.05) is 25.5 Å². The van der Waals surface area contributed by atoms with Gasteiger partial charge in [0.05, 0.1) is 6.10 Å². The van der Waals surface area contributed by atoms with Crippen molar-refractivity contribution in [2.45, 2.75) is 45.6 Å². The molecule has 0 bridgehead atoms. The summed E-state index contributed by atoms with van der Waals surface area (Å²) in [5.41, 5.74) is 0. The van der Waals surface area contributed by atoms with Crippen LogP contribution in [0.2, 0.25) is 0 Å². The lowest BCUT2D eigenvalue weighted by molar-refractivity contribution is -0.139. The summed E-state index contributed by atoms with van der Waals surface area (Å²) in [5, 5.41) is 12.1. The monoisotopic (exact) mass is 282 g/mol. The van der Waals surface area contributed by atoms with Gasteiger partial charge in [-0.25, -0.2) is 0 Å². The second-order valence-corrected chi connectivity index (χ2v) is 5.28. The first-order valence-corrected chi connectivity index (χ1v) is 7.49. The van der Waals surface area contributed by atoms with Crippen LogP contribution in [-0.2, 0) is 9.59 Å². The van der Waals surface area contributed by atoms with Crippen molar-refractivity contribution in [3.8, 4) is 0 Å². The van der Waals surface area contributed by atoms with Gasteiger partial charge >= 0.3 is 0 Å². The van der Waals surface area contributed by atoms with E-state index in [1.54, 1.807) is 11.8 Å². The second kappa shape index (κ2) is 8.74. The Morgan fingerprint density at radius 1 is 1.30 bits per heavy atom. The minimum absolute atomic E-state index is 0.159. The maximum absolute atomic E-state index is 12.4. The van der Waals surface area contributed by atoms with Gasteiger partial charge in [0, 0.05) is 19.6 Å². The van der Waals surface area contributed by atoms with Crippen LogP contribution < -0.4 is 5.32 Å². The zero-order valence-corrected chi connectivity index (χ0v) is 12.5. The Kier molecular flexibility index (Phi) is 7.30. The first-order valence-electron chi connectivity index (χ1n) is 7.49. The first kappa shape index (κ1) is 16.7. The third kappa shape index (κ3) is 5.33. The number of carbonyl (C=O) groups is 2. The van der Waals surface area contributed by atoms with Gasteiger partial charge < -0.3 is 15.3 Å². The highest BCUT2D eigenvalue weighted by Gasteiger charge is 2.29. The molecular weight excluding hydrogens is 256 g/mol. The Morgan fingerprint density at radius 3 is 2.50 bits per heavy atom. The lowest BCUT2D eigenvalue weighted by Gasteiger charge is -2.20. The molecule has 0 aromatic heterocycles. The smallest absolute Gasteiger partial charge is 0.239 e. The van der Waals surface area contributed by atoms with Gasteiger partial charge in [0.25, 0.3) is 0 Å². The molecule has 1 aliphatic rings. The molecule has 5 nitrogen and oxygen atoms in total. The van der Waals surface area contributed by atoms with Crippen LogP contribution in [0, 0.1) is 5.92 Å². The maximum atomic E-state index is 12.4. The summed E-state index contributed by atoms with van der Waals surface area (Å²) in [4.78, 5) is 26.2. The van der Waals surface area contributed by atoms with Crippen molar-refractivity contribution in [3.05, 3.63) is 12.2 Å². The lowest BCUT2D eigenvalue weighted by Crippen LogP contribution is -2.42. The van der Waals surface area contributed by atoms with Crippen LogP contribution >= 0.6 is 0 Å². The van der Waals surface area contributed by atoms with Crippen molar-refractivity contribution >= 4 is 11.8 Å². The number of amides is 2. The molecular formula is C15H26N2O3. The summed E-state index contributed by atoms with van der Waals surface area (Å²) in [7, 11) is 0. The van der Waals surface area contributed by atoms with Crippen molar-refractivity contribution < 1.29 is 14.7 Å². The van der Waals surface area contributed by atoms with E-state index in [9.17, 15) is 14.7 Å². The molecule has 2 amide bonds. The summed E-state index contributed by atoms with van der Waals surface area (Å²) in [6, 6.07) is 0. The van der Waals surface area contributed by atoms with Crippen LogP contribution in [0.1, 0.15) is 39.5 Å². The molecule has 1 saturated heterocycles. The number of carbonyl (C=O) groups excluding carboxylic acids is 2. The Bertz CT molecular complexity index is 347. The van der Waals surface area contributed by atoms with Gasteiger partial charge in [-0.15, -0.1) is 0 Å². The number of aliphatic hydroxyl groups excluding tert-OH is 1. The largest absolute Gasteiger partial charge is 0.389 e. The number of likely N-dealkylation sites (tertiary alicyclic amines) is 1. The predicted molar refractivity (Wildman–Crippen MR) is 78.0 cm³/mol. The fourth-order valence-electron chi connectivity index (χ4n) is 2.19. The number of nitrogens with zero attached hydrogens (tertiary/aromatic N) is 1. The van der Waals surface area contributed by atoms with E-state index in [1.165, 1.54) is 12.2 Å². The summed E-state index contributed by atoms with van der Waals surface area (Å²) in [6.45, 7) is 5.68. The highest BCUT2D eigenvalue weighted by Crippen LogP contribution is 2.14. The number of unbranched alkanes of at least 4 members (excludes halogenated alkanes) is 1. The van der Waals surface area contributed by atoms with E-state index in [0.717, 1.165) is 38.8 Å². The summed E-state index contributed by atoms with van der Waals surface area (Å²) >= 11 is 0. The molecule has 0 aromatic rings. The maximum Gasteiger partial charge on any atom is 0.239 e. The minimum atomic E-state index is -0.820. The van der Waals surface area contributed by atoms with Crippen molar-refractivity contribution in [2.24, 2.45) is 5.92 Å². The van der Waals surface area contributed by atoms with E-state index < -0.39 is 12.0 Å². The van der Waals surface area contributed by atoms with Crippen molar-refractivity contribution in [1.82, 2.24) is 10.2 Å². The van der Waals surface area contributed by atoms with Crippen LogP contribution in [0.4, 0.5) is 0 Å². The fraction of sp³-hybridized carbons (Fsp3) is 0.733. The number of hydrogen-bond donors (Lipinski definition) is 2. The van der Waals surface area contributed by atoms with Crippen molar-refractivity contribution in [2.75, 3.05) is 19.6 Å². The highest BCUT2D eigenvalue weighted by atomic mass is 16.3. The molecule has 0 saturated carbocycles. The van der Waals surface area contributed by atoms with Crippen molar-refractivity contribution in [3.63, 3.8) is 0 Å². The Morgan fingerprint density at radius 2 is 1.95 bits per heavy atom. The molecule has 0 aromatic carbocycles. The molecule has 2 N–H and O–H groups in total. The number of nitrogens with one attached hydrogen (secondary N) is 1. The topological polar surface area (TPSA) is 69.6 Å². The van der Waals surface area contributed by atoms with Crippen LogP contribution in [0.15, 0.2) is 12.2 Å². The summed E-state index contributed by atoms with van der Waals surface area (Å²) in [5.74, 6) is -1.25. The second-order valence-electron chi connectivity index (χ2n) is 5.28. The van der Waals surface area contributed by atoms with Gasteiger partial charge in [0.15, 0.2) is 0 Å². The van der Waals surface area contributed by atoms with Gasteiger partial charge in [-0.2, -0.15) is 0 Å². The van der Waals surface area contributed by atoms with Gasteiger partial charge in [-0.05, 0) is 26.2 Å². The first-order chi connectivity index (χ1) is 9.56. The normalized spacial score (nSPS) is 18.2.